The van der Waals surface area contributed by atoms with Crippen molar-refractivity contribution in [2.24, 2.45) is 5.92 Å². The molecule has 110 valence electrons. The predicted octanol–water partition coefficient (Wildman–Crippen LogP) is 0.638. The topological polar surface area (TPSA) is 50.8 Å². The van der Waals surface area contributed by atoms with E-state index in [-0.39, 0.29) is 12.0 Å². The lowest BCUT2D eigenvalue weighted by atomic mass is 10.1. The molecule has 5 nitrogen and oxygen atoms in total. The average molecular weight is 270 g/mol. The van der Waals surface area contributed by atoms with E-state index in [4.69, 9.17) is 9.47 Å². The van der Waals surface area contributed by atoms with E-state index in [9.17, 15) is 4.79 Å². The molecule has 2 unspecified atom stereocenters. The van der Waals surface area contributed by atoms with E-state index in [1.54, 1.807) is 7.11 Å². The van der Waals surface area contributed by atoms with Crippen molar-refractivity contribution in [2.45, 2.75) is 37.8 Å². The Labute approximate surface area is 115 Å². The molecule has 19 heavy (non-hydrogen) atoms. The molecule has 1 N–H and O–H groups in total. The van der Waals surface area contributed by atoms with Crippen LogP contribution in [-0.2, 0) is 14.3 Å². The van der Waals surface area contributed by atoms with Crippen LogP contribution >= 0.6 is 0 Å². The molecule has 1 heterocycles. The molecule has 2 fully saturated rings. The summed E-state index contributed by atoms with van der Waals surface area (Å²) in [7, 11) is 3.23. The quantitative estimate of drug-likeness (QED) is 0.656. The fourth-order valence-electron chi connectivity index (χ4n) is 2.75. The molecule has 0 bridgehead atoms. The minimum atomic E-state index is -0.140. The van der Waals surface area contributed by atoms with Crippen LogP contribution in [0.25, 0.3) is 0 Å². The molecule has 1 aliphatic heterocycles. The standard InChI is InChI=1S/C14H26N2O3/c1-18-10-11-5-7-16(9-11)8-6-13(14(17)19-2)15-12-3-4-12/h11-13,15H,3-10H2,1-2H3. The summed E-state index contributed by atoms with van der Waals surface area (Å²) < 4.78 is 10.1. The molecule has 5 heteroatoms. The van der Waals surface area contributed by atoms with Gasteiger partial charge in [0.15, 0.2) is 0 Å². The number of likely N-dealkylation sites (tertiary alicyclic amines) is 1. The van der Waals surface area contributed by atoms with Crippen molar-refractivity contribution < 1.29 is 14.3 Å². The van der Waals surface area contributed by atoms with Gasteiger partial charge in [0.2, 0.25) is 0 Å². The van der Waals surface area contributed by atoms with Crippen LogP contribution < -0.4 is 5.32 Å². The molecule has 0 aromatic heterocycles. The molecule has 1 saturated heterocycles. The van der Waals surface area contributed by atoms with E-state index in [0.29, 0.717) is 12.0 Å². The molecule has 0 amide bonds. The van der Waals surface area contributed by atoms with Crippen molar-refractivity contribution in [3.63, 3.8) is 0 Å². The molecular formula is C14H26N2O3. The highest BCUT2D eigenvalue weighted by atomic mass is 16.5. The highest BCUT2D eigenvalue weighted by molar-refractivity contribution is 5.75. The van der Waals surface area contributed by atoms with E-state index >= 15 is 0 Å². The number of ether oxygens (including phenoxy) is 2. The molecule has 0 aromatic rings. The smallest absolute Gasteiger partial charge is 0.322 e. The van der Waals surface area contributed by atoms with Gasteiger partial charge < -0.3 is 19.7 Å². The molecular weight excluding hydrogens is 244 g/mol. The summed E-state index contributed by atoms with van der Waals surface area (Å²) in [6, 6.07) is 0.392. The van der Waals surface area contributed by atoms with Crippen molar-refractivity contribution in [1.29, 1.82) is 0 Å². The van der Waals surface area contributed by atoms with Crippen LogP contribution in [0, 0.1) is 5.92 Å². The third-order valence-corrected chi connectivity index (χ3v) is 4.01. The Kier molecular flexibility index (Phi) is 5.60. The summed E-state index contributed by atoms with van der Waals surface area (Å²) in [5.41, 5.74) is 0. The van der Waals surface area contributed by atoms with E-state index in [1.165, 1.54) is 26.4 Å². The van der Waals surface area contributed by atoms with Crippen LogP contribution in [0.2, 0.25) is 0 Å². The number of nitrogens with one attached hydrogen (secondary N) is 1. The summed E-state index contributed by atoms with van der Waals surface area (Å²) in [5.74, 6) is 0.525. The van der Waals surface area contributed by atoms with Crippen LogP contribution in [0.3, 0.4) is 0 Å². The van der Waals surface area contributed by atoms with Gasteiger partial charge in [-0.15, -0.1) is 0 Å². The Morgan fingerprint density at radius 2 is 2.16 bits per heavy atom. The lowest BCUT2D eigenvalue weighted by molar-refractivity contribution is -0.143. The summed E-state index contributed by atoms with van der Waals surface area (Å²) in [6.07, 6.45) is 4.41. The van der Waals surface area contributed by atoms with Crippen molar-refractivity contribution in [3.05, 3.63) is 0 Å². The summed E-state index contributed by atoms with van der Waals surface area (Å²) in [4.78, 5) is 14.1. The van der Waals surface area contributed by atoms with E-state index in [0.717, 1.165) is 32.7 Å². The first kappa shape index (κ1) is 14.8. The van der Waals surface area contributed by atoms with Gasteiger partial charge in [-0.1, -0.05) is 0 Å². The number of nitrogens with zero attached hydrogens (tertiary/aromatic N) is 1. The largest absolute Gasteiger partial charge is 0.468 e. The third kappa shape index (κ3) is 4.75. The zero-order valence-corrected chi connectivity index (χ0v) is 12.1. The predicted molar refractivity (Wildman–Crippen MR) is 73.0 cm³/mol. The number of hydrogen-bond acceptors (Lipinski definition) is 5. The zero-order valence-electron chi connectivity index (χ0n) is 12.1. The number of methoxy groups -OCH3 is 2. The Morgan fingerprint density at radius 1 is 1.37 bits per heavy atom. The molecule has 2 rings (SSSR count). The minimum absolute atomic E-state index is 0.125. The summed E-state index contributed by atoms with van der Waals surface area (Å²) in [5, 5.41) is 3.38. The van der Waals surface area contributed by atoms with E-state index in [2.05, 4.69) is 10.2 Å². The highest BCUT2D eigenvalue weighted by Crippen LogP contribution is 2.21. The lowest BCUT2D eigenvalue weighted by Crippen LogP contribution is -2.41. The Morgan fingerprint density at radius 3 is 2.79 bits per heavy atom. The lowest BCUT2D eigenvalue weighted by Gasteiger charge is -2.20. The summed E-state index contributed by atoms with van der Waals surface area (Å²) in [6.45, 7) is 4.01. The van der Waals surface area contributed by atoms with Crippen LogP contribution in [0.4, 0.5) is 0 Å². The monoisotopic (exact) mass is 270 g/mol. The van der Waals surface area contributed by atoms with Gasteiger partial charge in [-0.05, 0) is 38.1 Å². The molecule has 2 atom stereocenters. The van der Waals surface area contributed by atoms with Gasteiger partial charge in [-0.3, -0.25) is 4.79 Å². The van der Waals surface area contributed by atoms with Crippen molar-refractivity contribution in [3.8, 4) is 0 Å². The number of rotatable bonds is 8. The highest BCUT2D eigenvalue weighted by Gasteiger charge is 2.30. The maximum Gasteiger partial charge on any atom is 0.322 e. The maximum absolute atomic E-state index is 11.7. The van der Waals surface area contributed by atoms with Gasteiger partial charge in [0.05, 0.1) is 13.7 Å². The normalized spacial score (nSPS) is 25.5. The summed E-state index contributed by atoms with van der Waals surface area (Å²) >= 11 is 0. The Hall–Kier alpha value is -0.650. The first-order valence-electron chi connectivity index (χ1n) is 7.28. The molecule has 0 aromatic carbocycles. The second-order valence-electron chi connectivity index (χ2n) is 5.72. The van der Waals surface area contributed by atoms with E-state index in [1.807, 2.05) is 0 Å². The van der Waals surface area contributed by atoms with Crippen LogP contribution in [0.1, 0.15) is 25.7 Å². The number of esters is 1. The van der Waals surface area contributed by atoms with Crippen molar-refractivity contribution in [1.82, 2.24) is 10.2 Å². The second-order valence-corrected chi connectivity index (χ2v) is 5.72. The number of hydrogen-bond donors (Lipinski definition) is 1. The third-order valence-electron chi connectivity index (χ3n) is 4.01. The Bertz CT molecular complexity index is 294. The van der Waals surface area contributed by atoms with Crippen LogP contribution in [0.5, 0.6) is 0 Å². The van der Waals surface area contributed by atoms with Gasteiger partial charge in [0.25, 0.3) is 0 Å². The van der Waals surface area contributed by atoms with E-state index < -0.39 is 0 Å². The SMILES string of the molecule is COCC1CCN(CCC(NC2CC2)C(=O)OC)C1. The van der Waals surface area contributed by atoms with Crippen LogP contribution in [0.15, 0.2) is 0 Å². The fraction of sp³-hybridized carbons (Fsp3) is 0.929. The van der Waals surface area contributed by atoms with Crippen LogP contribution in [-0.4, -0.2) is 63.4 Å². The fourth-order valence-corrected chi connectivity index (χ4v) is 2.75. The van der Waals surface area contributed by atoms with Gasteiger partial charge in [0, 0.05) is 26.2 Å². The Balaban J connectivity index is 1.70. The molecule has 0 spiro atoms. The van der Waals surface area contributed by atoms with Gasteiger partial charge in [0.1, 0.15) is 6.04 Å². The zero-order chi connectivity index (χ0) is 13.7. The minimum Gasteiger partial charge on any atom is -0.468 e. The first-order chi connectivity index (χ1) is 9.22. The van der Waals surface area contributed by atoms with Crippen molar-refractivity contribution in [2.75, 3.05) is 40.5 Å². The molecule has 0 radical (unpaired) electrons. The maximum atomic E-state index is 11.7. The number of carbonyl (C=O) groups excluding carboxylic acids is 1. The van der Waals surface area contributed by atoms with Gasteiger partial charge >= 0.3 is 5.97 Å². The molecule has 1 aliphatic carbocycles. The van der Waals surface area contributed by atoms with Crippen molar-refractivity contribution >= 4 is 5.97 Å². The molecule has 1 saturated carbocycles. The van der Waals surface area contributed by atoms with Gasteiger partial charge in [-0.2, -0.15) is 0 Å². The second kappa shape index (κ2) is 7.22. The molecule has 2 aliphatic rings. The average Bonchev–Trinajstić information content (AvgIpc) is 3.13. The van der Waals surface area contributed by atoms with Gasteiger partial charge in [-0.25, -0.2) is 0 Å². The first-order valence-corrected chi connectivity index (χ1v) is 7.28. The number of carbonyl (C=O) groups is 1.